The van der Waals surface area contributed by atoms with Crippen LogP contribution in [0.4, 0.5) is 0 Å². The molecule has 1 saturated carbocycles. The molecule has 1 aliphatic rings. The monoisotopic (exact) mass is 526 g/mol. The first kappa shape index (κ1) is 26.2. The van der Waals surface area contributed by atoms with Gasteiger partial charge in [-0.1, -0.05) is 72.8 Å². The molecule has 0 bridgehead atoms. The molecule has 1 atom stereocenters. The second-order valence-electron chi connectivity index (χ2n) is 8.26. The van der Waals surface area contributed by atoms with Crippen molar-refractivity contribution in [2.24, 2.45) is 0 Å². The van der Waals surface area contributed by atoms with Crippen molar-refractivity contribution in [1.29, 1.82) is 0 Å². The minimum Gasteiger partial charge on any atom is -0.352 e. The van der Waals surface area contributed by atoms with E-state index in [4.69, 9.17) is 34.8 Å². The van der Waals surface area contributed by atoms with E-state index >= 15 is 0 Å². The number of nitrogens with zero attached hydrogens (tertiary/aromatic N) is 1. The van der Waals surface area contributed by atoms with Crippen LogP contribution in [-0.4, -0.2) is 34.6 Å². The summed E-state index contributed by atoms with van der Waals surface area (Å²) in [5, 5.41) is 4.97. The lowest BCUT2D eigenvalue weighted by atomic mass is 10.1. The van der Waals surface area contributed by atoms with E-state index in [2.05, 4.69) is 5.32 Å². The molecule has 0 aliphatic heterocycles. The summed E-state index contributed by atoms with van der Waals surface area (Å²) >= 11 is 20.0. The second kappa shape index (κ2) is 12.9. The zero-order chi connectivity index (χ0) is 23.8. The molecule has 2 aromatic rings. The highest BCUT2D eigenvalue weighted by Crippen LogP contribution is 2.28. The SMILES string of the molecule is CCC(C(=O)NC1CCCC1)N(Cc1ccc(Cl)cc1)C(=O)CSCc1c(Cl)cccc1Cl. The van der Waals surface area contributed by atoms with Crippen molar-refractivity contribution in [3.63, 3.8) is 0 Å². The standard InChI is InChI=1S/C25H29Cl3N2O2S/c1-2-23(25(32)29-19-6-3-4-7-19)30(14-17-10-12-18(26)13-11-17)24(31)16-33-15-20-21(27)8-5-9-22(20)28/h5,8-13,19,23H,2-4,6-7,14-16H2,1H3,(H,29,32). The Labute approximate surface area is 215 Å². The predicted molar refractivity (Wildman–Crippen MR) is 139 cm³/mol. The second-order valence-corrected chi connectivity index (χ2v) is 10.5. The van der Waals surface area contributed by atoms with E-state index in [-0.39, 0.29) is 23.6 Å². The van der Waals surface area contributed by atoms with Crippen molar-refractivity contribution in [3.05, 3.63) is 68.7 Å². The van der Waals surface area contributed by atoms with Gasteiger partial charge >= 0.3 is 0 Å². The van der Waals surface area contributed by atoms with Crippen molar-refractivity contribution < 1.29 is 9.59 Å². The van der Waals surface area contributed by atoms with Gasteiger partial charge < -0.3 is 10.2 Å². The fourth-order valence-electron chi connectivity index (χ4n) is 4.07. The third-order valence-electron chi connectivity index (χ3n) is 5.89. The molecule has 33 heavy (non-hydrogen) atoms. The van der Waals surface area contributed by atoms with Crippen LogP contribution in [-0.2, 0) is 21.9 Å². The number of rotatable bonds is 10. The van der Waals surface area contributed by atoms with Gasteiger partial charge in [0.25, 0.3) is 0 Å². The Morgan fingerprint density at radius 3 is 2.30 bits per heavy atom. The van der Waals surface area contributed by atoms with Crippen LogP contribution in [0.15, 0.2) is 42.5 Å². The predicted octanol–water partition coefficient (Wildman–Crippen LogP) is 6.75. The summed E-state index contributed by atoms with van der Waals surface area (Å²) in [5.74, 6) is 0.573. The van der Waals surface area contributed by atoms with Gasteiger partial charge in [0.1, 0.15) is 6.04 Å². The van der Waals surface area contributed by atoms with Gasteiger partial charge in [0.2, 0.25) is 11.8 Å². The third kappa shape index (κ3) is 7.54. The van der Waals surface area contributed by atoms with Gasteiger partial charge in [-0.2, -0.15) is 0 Å². The molecule has 0 radical (unpaired) electrons. The molecule has 2 aromatic carbocycles. The van der Waals surface area contributed by atoms with E-state index in [1.165, 1.54) is 11.8 Å². The summed E-state index contributed by atoms with van der Waals surface area (Å²) in [6.07, 6.45) is 4.81. The van der Waals surface area contributed by atoms with Crippen LogP contribution in [0.2, 0.25) is 15.1 Å². The summed E-state index contributed by atoms with van der Waals surface area (Å²) < 4.78 is 0. The van der Waals surface area contributed by atoms with Gasteiger partial charge in [0.15, 0.2) is 0 Å². The van der Waals surface area contributed by atoms with Crippen LogP contribution in [0, 0.1) is 0 Å². The van der Waals surface area contributed by atoms with Gasteiger partial charge in [-0.15, -0.1) is 11.8 Å². The molecule has 0 spiro atoms. The fraction of sp³-hybridized carbons (Fsp3) is 0.440. The number of halogens is 3. The first-order valence-electron chi connectivity index (χ1n) is 11.2. The zero-order valence-electron chi connectivity index (χ0n) is 18.7. The van der Waals surface area contributed by atoms with Gasteiger partial charge in [-0.3, -0.25) is 9.59 Å². The highest BCUT2D eigenvalue weighted by molar-refractivity contribution is 7.99. The van der Waals surface area contributed by atoms with E-state index in [1.807, 2.05) is 19.1 Å². The summed E-state index contributed by atoms with van der Waals surface area (Å²) in [4.78, 5) is 28.2. The molecule has 0 saturated heterocycles. The first-order chi connectivity index (χ1) is 15.9. The fourth-order valence-corrected chi connectivity index (χ4v) is 5.84. The molecular weight excluding hydrogens is 499 g/mol. The molecule has 3 rings (SSSR count). The highest BCUT2D eigenvalue weighted by Gasteiger charge is 2.30. The van der Waals surface area contributed by atoms with Crippen LogP contribution < -0.4 is 5.32 Å². The van der Waals surface area contributed by atoms with Crippen LogP contribution >= 0.6 is 46.6 Å². The van der Waals surface area contributed by atoms with E-state index in [0.717, 1.165) is 36.8 Å². The lowest BCUT2D eigenvalue weighted by Gasteiger charge is -2.31. The molecule has 178 valence electrons. The molecule has 1 N–H and O–H groups in total. The minimum absolute atomic E-state index is 0.0779. The summed E-state index contributed by atoms with van der Waals surface area (Å²) in [7, 11) is 0. The first-order valence-corrected chi connectivity index (χ1v) is 13.5. The van der Waals surface area contributed by atoms with Crippen molar-refractivity contribution >= 4 is 58.4 Å². The Hall–Kier alpha value is -1.40. The van der Waals surface area contributed by atoms with E-state index < -0.39 is 6.04 Å². The average molecular weight is 528 g/mol. The number of nitrogens with one attached hydrogen (secondary N) is 1. The van der Waals surface area contributed by atoms with Crippen molar-refractivity contribution in [3.8, 4) is 0 Å². The van der Waals surface area contributed by atoms with Crippen LogP contribution in [0.5, 0.6) is 0 Å². The number of thioether (sulfide) groups is 1. The van der Waals surface area contributed by atoms with Crippen LogP contribution in [0.3, 0.4) is 0 Å². The van der Waals surface area contributed by atoms with E-state index in [1.54, 1.807) is 35.2 Å². The van der Waals surface area contributed by atoms with Crippen molar-refractivity contribution in [2.45, 2.75) is 63.4 Å². The quantitative estimate of drug-likeness (QED) is 0.372. The zero-order valence-corrected chi connectivity index (χ0v) is 21.7. The summed E-state index contributed by atoms with van der Waals surface area (Å²) in [6.45, 7) is 2.29. The number of benzene rings is 2. The molecular formula is C25H29Cl3N2O2S. The number of carbonyl (C=O) groups excluding carboxylic acids is 2. The smallest absolute Gasteiger partial charge is 0.243 e. The molecule has 1 aliphatic carbocycles. The highest BCUT2D eigenvalue weighted by atomic mass is 35.5. The van der Waals surface area contributed by atoms with E-state index in [9.17, 15) is 9.59 Å². The van der Waals surface area contributed by atoms with E-state index in [0.29, 0.717) is 33.8 Å². The number of hydrogen-bond donors (Lipinski definition) is 1. The molecule has 8 heteroatoms. The van der Waals surface area contributed by atoms with Crippen molar-refractivity contribution in [1.82, 2.24) is 10.2 Å². The van der Waals surface area contributed by atoms with Gasteiger partial charge in [-0.05, 0) is 54.7 Å². The van der Waals surface area contributed by atoms with Gasteiger partial charge in [-0.25, -0.2) is 0 Å². The molecule has 0 heterocycles. The maximum absolute atomic E-state index is 13.3. The lowest BCUT2D eigenvalue weighted by molar-refractivity contribution is -0.139. The van der Waals surface area contributed by atoms with Crippen LogP contribution in [0.25, 0.3) is 0 Å². The van der Waals surface area contributed by atoms with Crippen LogP contribution in [0.1, 0.15) is 50.2 Å². The molecule has 1 fully saturated rings. The topological polar surface area (TPSA) is 49.4 Å². The van der Waals surface area contributed by atoms with Gasteiger partial charge in [0.05, 0.1) is 5.75 Å². The third-order valence-corrected chi connectivity index (χ3v) is 7.79. The number of hydrogen-bond acceptors (Lipinski definition) is 3. The normalized spacial score (nSPS) is 14.8. The summed E-state index contributed by atoms with van der Waals surface area (Å²) in [6, 6.07) is 12.4. The van der Waals surface area contributed by atoms with Crippen molar-refractivity contribution in [2.75, 3.05) is 5.75 Å². The lowest BCUT2D eigenvalue weighted by Crippen LogP contribution is -2.51. The summed E-state index contributed by atoms with van der Waals surface area (Å²) in [5.41, 5.74) is 1.74. The Morgan fingerprint density at radius 2 is 1.70 bits per heavy atom. The average Bonchev–Trinajstić information content (AvgIpc) is 3.30. The maximum Gasteiger partial charge on any atom is 0.243 e. The Kier molecular flexibility index (Phi) is 10.2. The Balaban J connectivity index is 1.72. The van der Waals surface area contributed by atoms with Gasteiger partial charge in [0, 0.05) is 33.4 Å². The minimum atomic E-state index is -0.529. The Morgan fingerprint density at radius 1 is 1.06 bits per heavy atom. The molecule has 0 aromatic heterocycles. The number of amides is 2. The number of carbonyl (C=O) groups is 2. The molecule has 2 amide bonds. The molecule has 1 unspecified atom stereocenters. The largest absolute Gasteiger partial charge is 0.352 e. The Bertz CT molecular complexity index is 929. The maximum atomic E-state index is 13.3. The molecule has 4 nitrogen and oxygen atoms in total.